The van der Waals surface area contributed by atoms with E-state index in [0.29, 0.717) is 22.2 Å². The molecule has 2 aliphatic rings. The Morgan fingerprint density at radius 2 is 1.26 bits per heavy atom. The molecule has 0 aliphatic carbocycles. The average Bonchev–Trinajstić information content (AvgIpc) is 4.09. The van der Waals surface area contributed by atoms with Gasteiger partial charge >= 0.3 is 24.0 Å². The summed E-state index contributed by atoms with van der Waals surface area (Å²) in [6.45, 7) is 9.61. The summed E-state index contributed by atoms with van der Waals surface area (Å²) in [6, 6.07) is 20.3. The molecule has 2 unspecified atom stereocenters. The first-order chi connectivity index (χ1) is 34.4. The molecule has 0 amide bonds. The van der Waals surface area contributed by atoms with Gasteiger partial charge in [0.15, 0.2) is 23.3 Å². The van der Waals surface area contributed by atoms with Gasteiger partial charge in [0, 0.05) is 23.5 Å². The second-order valence-corrected chi connectivity index (χ2v) is 17.9. The van der Waals surface area contributed by atoms with Crippen molar-refractivity contribution in [2.45, 2.75) is 89.4 Å². The molecule has 2 aliphatic heterocycles. The number of aromatic amines is 1. The Hall–Kier alpha value is -7.82. The van der Waals surface area contributed by atoms with Crippen molar-refractivity contribution in [2.24, 2.45) is 0 Å². The number of aryl methyl sites for hydroxylation is 3. The summed E-state index contributed by atoms with van der Waals surface area (Å²) in [7, 11) is 0. The van der Waals surface area contributed by atoms with Crippen molar-refractivity contribution < 1.29 is 62.9 Å². The van der Waals surface area contributed by atoms with E-state index in [4.69, 9.17) is 39.9 Å². The Morgan fingerprint density at radius 3 is 1.83 bits per heavy atom. The fraction of sp³-hybridized carbons (Fsp3) is 0.333. The summed E-state index contributed by atoms with van der Waals surface area (Å²) in [6.07, 6.45) is -1.85. The molecule has 4 aromatic heterocycles. The molecule has 8 atom stereocenters. The van der Waals surface area contributed by atoms with Gasteiger partial charge in [0.05, 0.1) is 35.4 Å². The number of benzene rings is 3. The molecule has 3 aromatic carbocycles. The maximum absolute atomic E-state index is 13.9. The smallest absolute Gasteiger partial charge is 0.418 e. The number of nitrogen functional groups attached to an aromatic ring is 2. The number of nitrogens with zero attached hydrogens (tertiary/aromatic N) is 5. The highest BCUT2D eigenvalue weighted by Crippen LogP contribution is 2.49. The van der Waals surface area contributed by atoms with Crippen LogP contribution in [0, 0.1) is 20.8 Å². The van der Waals surface area contributed by atoms with E-state index in [1.807, 2.05) is 20.8 Å². The summed E-state index contributed by atoms with van der Waals surface area (Å²) in [5.74, 6) is -1.85. The minimum absolute atomic E-state index is 0.0217. The van der Waals surface area contributed by atoms with Gasteiger partial charge < -0.3 is 60.2 Å². The number of aromatic nitrogens is 6. The van der Waals surface area contributed by atoms with Gasteiger partial charge in [-0.05, 0) is 77.9 Å². The van der Waals surface area contributed by atoms with Crippen LogP contribution in [0.2, 0.25) is 0 Å². The summed E-state index contributed by atoms with van der Waals surface area (Å²) in [5.41, 5.74) is 14.4. The molecule has 376 valence electrons. The highest BCUT2D eigenvalue weighted by Gasteiger charge is 2.61. The fourth-order valence-electron chi connectivity index (χ4n) is 8.73. The lowest BCUT2D eigenvalue weighted by Gasteiger charge is -2.34. The number of hydrogen-bond acceptors (Lipinski definition) is 19. The van der Waals surface area contributed by atoms with Crippen LogP contribution in [0.15, 0.2) is 97.8 Å². The van der Waals surface area contributed by atoms with Gasteiger partial charge in [0.2, 0.25) is 0 Å². The van der Waals surface area contributed by atoms with E-state index in [9.17, 15) is 34.5 Å². The summed E-state index contributed by atoms with van der Waals surface area (Å²) in [4.78, 5) is 73.4. The van der Waals surface area contributed by atoms with E-state index < -0.39 is 78.4 Å². The molecule has 6 heterocycles. The normalized spacial score (nSPS) is 23.6. The Kier molecular flexibility index (Phi) is 14.4. The number of fused-ring (bicyclic) bond motifs is 2. The highest BCUT2D eigenvalue weighted by molar-refractivity contribution is 5.96. The topological polar surface area (TPSA) is 309 Å². The van der Waals surface area contributed by atoms with Crippen LogP contribution in [-0.4, -0.2) is 124 Å². The van der Waals surface area contributed by atoms with E-state index in [2.05, 4.69) is 24.9 Å². The van der Waals surface area contributed by atoms with Crippen molar-refractivity contribution in [2.75, 3.05) is 31.3 Å². The van der Waals surface area contributed by atoms with Gasteiger partial charge in [-0.2, -0.15) is 0 Å². The van der Waals surface area contributed by atoms with Crippen molar-refractivity contribution in [1.29, 1.82) is 0 Å². The minimum Gasteiger partial charge on any atom is -0.459 e. The van der Waals surface area contributed by atoms with Crippen LogP contribution in [-0.2, 0) is 28.4 Å². The predicted molar refractivity (Wildman–Crippen MR) is 258 cm³/mol. The number of carbonyl (C=O) groups is 4. The summed E-state index contributed by atoms with van der Waals surface area (Å²) in [5, 5.41) is 29.7. The van der Waals surface area contributed by atoms with E-state index in [1.54, 1.807) is 92.8 Å². The number of carbonyl (C=O) groups excluding carboxylic acids is 4. The van der Waals surface area contributed by atoms with Crippen molar-refractivity contribution in [3.8, 4) is 0 Å². The summed E-state index contributed by atoms with van der Waals surface area (Å²) >= 11 is 0. The van der Waals surface area contributed by atoms with E-state index in [0.717, 1.165) is 21.3 Å². The Balaban J connectivity index is 0.000000287. The van der Waals surface area contributed by atoms with Gasteiger partial charge in [0.1, 0.15) is 71.9 Å². The lowest BCUT2D eigenvalue weighted by Crippen LogP contribution is -2.49. The zero-order valence-electron chi connectivity index (χ0n) is 40.1. The molecule has 9 rings (SSSR count). The van der Waals surface area contributed by atoms with Crippen molar-refractivity contribution >= 4 is 57.7 Å². The quantitative estimate of drug-likeness (QED) is 0.0720. The minimum atomic E-state index is -1.81. The number of nitrogens with one attached hydrogen (secondary N) is 1. The molecule has 2 saturated heterocycles. The van der Waals surface area contributed by atoms with E-state index >= 15 is 0 Å². The Labute approximate surface area is 412 Å². The number of rotatable bonds is 11. The van der Waals surface area contributed by atoms with Gasteiger partial charge in [-0.25, -0.2) is 43.7 Å². The molecule has 0 spiro atoms. The molecule has 2 fully saturated rings. The second-order valence-electron chi connectivity index (χ2n) is 17.9. The second kappa shape index (κ2) is 20.5. The number of ether oxygens (including phenoxy) is 6. The van der Waals surface area contributed by atoms with Gasteiger partial charge in [0.25, 0.3) is 0 Å². The van der Waals surface area contributed by atoms with Crippen LogP contribution in [0.25, 0.3) is 22.1 Å². The molecule has 21 heteroatoms. The summed E-state index contributed by atoms with van der Waals surface area (Å²) < 4.78 is 36.8. The maximum atomic E-state index is 13.9. The van der Waals surface area contributed by atoms with Crippen molar-refractivity contribution in [1.82, 2.24) is 29.5 Å². The fourth-order valence-corrected chi connectivity index (χ4v) is 8.73. The Morgan fingerprint density at radius 1 is 0.722 bits per heavy atom. The molecule has 7 aromatic rings. The number of esters is 3. The standard InChI is InChI=1S/C39H38N4O9.C12H16N4O4/c1-6-48-38(47)43-19-28(30-31(43)34(40)42-21-41-30)32-39(5,52-37(46)27-17-11-24(4)12-18-27)33(51-36(45)26-15-9-23(3)10-16-26)29(50-32)20-49-35(44)25-13-7-22(2)8-14-25;1-12(19)9(18)6(3-17)20-10(12)5-2-14-8-7(5)15-4-16-11(8)13/h7-19,21,29,32-33H,6,20H2,1-5H3,(H2,40,41,42);2,4,6,9-10,14,17-19H,3H2,1H3,(H2,13,15,16)/t29?,32-,33+,39-;6?,9-,10+,12-/m01/s1. The van der Waals surface area contributed by atoms with E-state index in [1.165, 1.54) is 25.8 Å². The van der Waals surface area contributed by atoms with Gasteiger partial charge in [-0.15, -0.1) is 0 Å². The van der Waals surface area contributed by atoms with Crippen LogP contribution >= 0.6 is 0 Å². The molecule has 72 heavy (non-hydrogen) atoms. The third kappa shape index (κ3) is 9.79. The molecule has 0 saturated carbocycles. The van der Waals surface area contributed by atoms with Crippen LogP contribution in [0.3, 0.4) is 0 Å². The zero-order valence-corrected chi connectivity index (χ0v) is 40.1. The molecule has 0 radical (unpaired) electrons. The molecule has 8 N–H and O–H groups in total. The predicted octanol–water partition coefficient (Wildman–Crippen LogP) is 5.17. The number of aliphatic hydroxyl groups is 3. The molecule has 21 nitrogen and oxygen atoms in total. The molecule has 0 bridgehead atoms. The number of aliphatic hydroxyl groups excluding tert-OH is 2. The molecular formula is C51H54N8O13. The van der Waals surface area contributed by atoms with Crippen molar-refractivity contribution in [3.63, 3.8) is 0 Å². The van der Waals surface area contributed by atoms with Crippen LogP contribution in [0.4, 0.5) is 16.4 Å². The first-order valence-corrected chi connectivity index (χ1v) is 22.9. The van der Waals surface area contributed by atoms with E-state index in [-0.39, 0.29) is 52.6 Å². The molecular weight excluding hydrogens is 933 g/mol. The average molecular weight is 987 g/mol. The zero-order chi connectivity index (χ0) is 51.6. The van der Waals surface area contributed by atoms with Crippen LogP contribution in [0.1, 0.15) is 91.9 Å². The third-order valence-corrected chi connectivity index (χ3v) is 12.7. The first kappa shape index (κ1) is 50.6. The van der Waals surface area contributed by atoms with Gasteiger partial charge in [-0.1, -0.05) is 53.1 Å². The lowest BCUT2D eigenvalue weighted by atomic mass is 9.88. The number of nitrogens with two attached hydrogens (primary N) is 2. The first-order valence-electron chi connectivity index (χ1n) is 22.9. The lowest BCUT2D eigenvalue weighted by molar-refractivity contribution is -0.0886. The third-order valence-electron chi connectivity index (χ3n) is 12.7. The number of anilines is 2. The van der Waals surface area contributed by atoms with Crippen molar-refractivity contribution in [3.05, 3.63) is 142 Å². The van der Waals surface area contributed by atoms with Crippen LogP contribution < -0.4 is 11.5 Å². The maximum Gasteiger partial charge on any atom is 0.418 e. The Bertz CT molecular complexity index is 3120. The number of hydrogen-bond donors (Lipinski definition) is 6. The largest absolute Gasteiger partial charge is 0.459 e. The highest BCUT2D eigenvalue weighted by atomic mass is 16.7. The number of H-pyrrole nitrogens is 1. The SMILES string of the molecule is CCOC(=O)n1cc([C@@H]2OC(COC(=O)c3ccc(C)cc3)[C@@H](OC(=O)c3ccc(C)cc3)[C@@]2(C)OC(=O)c2ccc(C)cc2)c2ncnc(N)c21.C[C@@]1(O)[C@H](O)C(CO)O[C@H]1c1c[nH]c2c(N)ncnc12. The van der Waals surface area contributed by atoms with Gasteiger partial charge in [-0.3, -0.25) is 0 Å². The monoisotopic (exact) mass is 986 g/mol. The van der Waals surface area contributed by atoms with Crippen LogP contribution in [0.5, 0.6) is 0 Å².